The first-order valence-corrected chi connectivity index (χ1v) is 2.68. The largest absolute Gasteiger partial charge is 0.466 e. The van der Waals surface area contributed by atoms with Gasteiger partial charge in [-0.3, -0.25) is 4.79 Å². The lowest BCUT2D eigenvalue weighted by molar-refractivity contribution is -0.161. The van der Waals surface area contributed by atoms with Gasteiger partial charge < -0.3 is 9.47 Å². The van der Waals surface area contributed by atoms with Crippen molar-refractivity contribution in [2.24, 2.45) is 0 Å². The fourth-order valence-corrected chi connectivity index (χ4v) is 0.411. The summed E-state index contributed by atoms with van der Waals surface area (Å²) in [6.45, 7) is 4.34. The van der Waals surface area contributed by atoms with Crippen LogP contribution in [0.1, 0.15) is 6.92 Å². The smallest absolute Gasteiger partial charge is 0.346 e. The van der Waals surface area contributed by atoms with E-state index < -0.39 is 18.0 Å². The van der Waals surface area contributed by atoms with E-state index in [0.29, 0.717) is 0 Å². The minimum atomic E-state index is -0.866. The molecule has 0 saturated heterocycles. The molecule has 57 valence electrons. The SMILES string of the molecule is [CH2]C(=O)OC(C)C(=O)OC. The normalized spacial score (nSPS) is 11.9. The van der Waals surface area contributed by atoms with Crippen LogP contribution < -0.4 is 0 Å². The van der Waals surface area contributed by atoms with Crippen LogP contribution in [0.4, 0.5) is 0 Å². The van der Waals surface area contributed by atoms with Crippen LogP contribution in [-0.2, 0) is 19.1 Å². The van der Waals surface area contributed by atoms with Crippen LogP contribution in [0, 0.1) is 6.92 Å². The zero-order valence-electron chi connectivity index (χ0n) is 5.92. The molecule has 1 atom stereocenters. The van der Waals surface area contributed by atoms with Gasteiger partial charge in [0, 0.05) is 0 Å². The number of hydrogen-bond donors (Lipinski definition) is 0. The summed E-state index contributed by atoms with van der Waals surface area (Å²) in [5.74, 6) is -1.32. The van der Waals surface area contributed by atoms with E-state index >= 15 is 0 Å². The molecule has 4 nitrogen and oxygen atoms in total. The van der Waals surface area contributed by atoms with Gasteiger partial charge >= 0.3 is 11.9 Å². The molecule has 0 amide bonds. The van der Waals surface area contributed by atoms with Gasteiger partial charge in [0.05, 0.1) is 14.0 Å². The number of carbonyl (C=O) groups is 2. The summed E-state index contributed by atoms with van der Waals surface area (Å²) >= 11 is 0. The molecule has 0 fully saturated rings. The molecule has 0 saturated carbocycles. The van der Waals surface area contributed by atoms with Gasteiger partial charge in [0.25, 0.3) is 0 Å². The number of methoxy groups -OCH3 is 1. The van der Waals surface area contributed by atoms with Gasteiger partial charge in [-0.05, 0) is 6.92 Å². The Morgan fingerprint density at radius 1 is 1.50 bits per heavy atom. The number of hydrogen-bond acceptors (Lipinski definition) is 4. The van der Waals surface area contributed by atoms with Crippen LogP contribution in [-0.4, -0.2) is 25.2 Å². The summed E-state index contributed by atoms with van der Waals surface area (Å²) in [6.07, 6.45) is -0.866. The van der Waals surface area contributed by atoms with Crippen LogP contribution in [0.3, 0.4) is 0 Å². The molecule has 4 heteroatoms. The lowest BCUT2D eigenvalue weighted by atomic mass is 10.4. The molecule has 0 heterocycles. The Hall–Kier alpha value is -1.06. The van der Waals surface area contributed by atoms with E-state index in [-0.39, 0.29) is 0 Å². The first-order chi connectivity index (χ1) is 4.57. The van der Waals surface area contributed by atoms with Crippen molar-refractivity contribution in [2.45, 2.75) is 13.0 Å². The molecular weight excluding hydrogens is 136 g/mol. The molecule has 1 unspecified atom stereocenters. The quantitative estimate of drug-likeness (QED) is 0.510. The van der Waals surface area contributed by atoms with Crippen LogP contribution >= 0.6 is 0 Å². The van der Waals surface area contributed by atoms with Crippen molar-refractivity contribution in [1.82, 2.24) is 0 Å². The van der Waals surface area contributed by atoms with E-state index in [1.165, 1.54) is 14.0 Å². The molecule has 0 aromatic rings. The number of ether oxygens (including phenoxy) is 2. The molecule has 0 aromatic heterocycles. The first-order valence-electron chi connectivity index (χ1n) is 2.68. The third-order valence-corrected chi connectivity index (χ3v) is 0.841. The van der Waals surface area contributed by atoms with Crippen LogP contribution in [0.5, 0.6) is 0 Å². The monoisotopic (exact) mass is 145 g/mol. The van der Waals surface area contributed by atoms with Gasteiger partial charge in [-0.15, -0.1) is 0 Å². The Morgan fingerprint density at radius 3 is 2.30 bits per heavy atom. The second kappa shape index (κ2) is 3.87. The highest BCUT2D eigenvalue weighted by atomic mass is 16.6. The minimum Gasteiger partial charge on any atom is -0.466 e. The second-order valence-electron chi connectivity index (χ2n) is 1.66. The molecular formula is C6H9O4. The fourth-order valence-electron chi connectivity index (χ4n) is 0.411. The van der Waals surface area contributed by atoms with Crippen molar-refractivity contribution in [2.75, 3.05) is 7.11 Å². The molecule has 0 aliphatic carbocycles. The third-order valence-electron chi connectivity index (χ3n) is 0.841. The Labute approximate surface area is 59.1 Å². The average Bonchev–Trinajstić information content (AvgIpc) is 1.85. The fraction of sp³-hybridized carbons (Fsp3) is 0.500. The highest BCUT2D eigenvalue weighted by Crippen LogP contribution is 1.92. The van der Waals surface area contributed by atoms with Gasteiger partial charge in [0.15, 0.2) is 6.10 Å². The molecule has 10 heavy (non-hydrogen) atoms. The minimum absolute atomic E-state index is 0.586. The number of rotatable bonds is 2. The van der Waals surface area contributed by atoms with E-state index in [4.69, 9.17) is 0 Å². The summed E-state index contributed by atoms with van der Waals surface area (Å²) in [6, 6.07) is 0. The first kappa shape index (κ1) is 8.94. The topological polar surface area (TPSA) is 52.6 Å². The highest BCUT2D eigenvalue weighted by Gasteiger charge is 2.14. The number of esters is 2. The van der Waals surface area contributed by atoms with E-state index in [1.807, 2.05) is 0 Å². The van der Waals surface area contributed by atoms with Crippen molar-refractivity contribution in [1.29, 1.82) is 0 Å². The van der Waals surface area contributed by atoms with Gasteiger partial charge in [0.1, 0.15) is 0 Å². The molecule has 0 rings (SSSR count). The summed E-state index contributed by atoms with van der Waals surface area (Å²) in [7, 11) is 1.22. The Balaban J connectivity index is 3.72. The van der Waals surface area contributed by atoms with E-state index in [0.717, 1.165) is 0 Å². The lowest BCUT2D eigenvalue weighted by Gasteiger charge is -2.07. The maximum atomic E-state index is 10.5. The maximum absolute atomic E-state index is 10.5. The Morgan fingerprint density at radius 2 is 2.00 bits per heavy atom. The lowest BCUT2D eigenvalue weighted by Crippen LogP contribution is -2.24. The molecule has 0 bridgehead atoms. The molecule has 0 aliphatic heterocycles. The van der Waals surface area contributed by atoms with E-state index in [1.54, 1.807) is 0 Å². The van der Waals surface area contributed by atoms with E-state index in [2.05, 4.69) is 16.4 Å². The molecule has 0 spiro atoms. The van der Waals surface area contributed by atoms with Gasteiger partial charge in [-0.25, -0.2) is 4.79 Å². The highest BCUT2D eigenvalue weighted by molar-refractivity contribution is 5.80. The summed E-state index contributed by atoms with van der Waals surface area (Å²) in [5, 5.41) is 0. The summed E-state index contributed by atoms with van der Waals surface area (Å²) in [4.78, 5) is 20.7. The second-order valence-corrected chi connectivity index (χ2v) is 1.66. The standard InChI is InChI=1S/C6H9O4/c1-4(6(8)9-3)10-5(2)7/h4H,2H2,1,3H3. The van der Waals surface area contributed by atoms with Crippen molar-refractivity contribution in [3.05, 3.63) is 6.92 Å². The predicted octanol–water partition coefficient (Wildman–Crippen LogP) is -0.0748. The predicted molar refractivity (Wildman–Crippen MR) is 32.9 cm³/mol. The van der Waals surface area contributed by atoms with E-state index in [9.17, 15) is 9.59 Å². The van der Waals surface area contributed by atoms with Gasteiger partial charge in [0.2, 0.25) is 0 Å². The summed E-state index contributed by atoms with van der Waals surface area (Å²) in [5.41, 5.74) is 0. The molecule has 0 N–H and O–H groups in total. The molecule has 0 aromatic carbocycles. The van der Waals surface area contributed by atoms with Crippen molar-refractivity contribution in [3.63, 3.8) is 0 Å². The van der Waals surface area contributed by atoms with Crippen LogP contribution in [0.25, 0.3) is 0 Å². The van der Waals surface area contributed by atoms with Gasteiger partial charge in [-0.1, -0.05) is 0 Å². The molecule has 1 radical (unpaired) electrons. The third kappa shape index (κ3) is 3.06. The number of carbonyl (C=O) groups excluding carboxylic acids is 2. The molecule has 0 aliphatic rings. The Bertz CT molecular complexity index is 141. The van der Waals surface area contributed by atoms with Crippen LogP contribution in [0.15, 0.2) is 0 Å². The summed E-state index contributed by atoms with van der Waals surface area (Å²) < 4.78 is 8.65. The zero-order valence-corrected chi connectivity index (χ0v) is 5.92. The van der Waals surface area contributed by atoms with Crippen molar-refractivity contribution in [3.8, 4) is 0 Å². The average molecular weight is 145 g/mol. The Kier molecular flexibility index (Phi) is 3.46. The van der Waals surface area contributed by atoms with Gasteiger partial charge in [-0.2, -0.15) is 0 Å². The maximum Gasteiger partial charge on any atom is 0.346 e. The van der Waals surface area contributed by atoms with Crippen molar-refractivity contribution < 1.29 is 19.1 Å². The van der Waals surface area contributed by atoms with Crippen LogP contribution in [0.2, 0.25) is 0 Å². The van der Waals surface area contributed by atoms with Crippen molar-refractivity contribution >= 4 is 11.9 Å². The zero-order chi connectivity index (χ0) is 8.15.